The van der Waals surface area contributed by atoms with Gasteiger partial charge in [0.05, 0.1) is 10.7 Å². The molecule has 0 spiro atoms. The van der Waals surface area contributed by atoms with Crippen LogP contribution in [-0.4, -0.2) is 36.1 Å². The van der Waals surface area contributed by atoms with Crippen molar-refractivity contribution >= 4 is 17.2 Å². The van der Waals surface area contributed by atoms with Gasteiger partial charge in [0.2, 0.25) is 0 Å². The molecule has 1 aromatic carbocycles. The van der Waals surface area contributed by atoms with Crippen LogP contribution < -0.4 is 16.0 Å². The summed E-state index contributed by atoms with van der Waals surface area (Å²) in [6.07, 6.45) is 5.56. The Balaban J connectivity index is 1.29. The van der Waals surface area contributed by atoms with Crippen molar-refractivity contribution in [1.29, 1.82) is 0 Å². The quantitative estimate of drug-likeness (QED) is 0.673. The lowest BCUT2D eigenvalue weighted by atomic mass is 9.96. The molecule has 2 fully saturated rings. The predicted molar refractivity (Wildman–Crippen MR) is 119 cm³/mol. The topological polar surface area (TPSA) is 66.0 Å². The second-order valence-electron chi connectivity index (χ2n) is 8.51. The number of nitrogens with one attached hydrogen (secondary N) is 3. The highest BCUT2D eigenvalue weighted by atomic mass is 32.1. The lowest BCUT2D eigenvalue weighted by Crippen LogP contribution is -2.42. The van der Waals surface area contributed by atoms with Gasteiger partial charge in [0.1, 0.15) is 0 Å². The molecular formula is C23H32N4OS. The molecule has 5 nitrogen and oxygen atoms in total. The number of aromatic nitrogens is 1. The van der Waals surface area contributed by atoms with Crippen molar-refractivity contribution in [3.05, 3.63) is 51.5 Å². The van der Waals surface area contributed by atoms with Gasteiger partial charge >= 0.3 is 0 Å². The van der Waals surface area contributed by atoms with Crippen LogP contribution in [0.3, 0.4) is 0 Å². The van der Waals surface area contributed by atoms with Crippen molar-refractivity contribution in [3.8, 4) is 0 Å². The second kappa shape index (κ2) is 9.37. The third-order valence-corrected chi connectivity index (χ3v) is 7.11. The molecule has 1 aliphatic heterocycles. The van der Waals surface area contributed by atoms with Crippen LogP contribution in [0.1, 0.15) is 77.6 Å². The summed E-state index contributed by atoms with van der Waals surface area (Å²) in [4.78, 5) is 17.1. The Labute approximate surface area is 177 Å². The molecule has 3 atom stereocenters. The van der Waals surface area contributed by atoms with E-state index in [4.69, 9.17) is 0 Å². The monoisotopic (exact) mass is 412 g/mol. The van der Waals surface area contributed by atoms with Gasteiger partial charge in [-0.15, -0.1) is 11.3 Å². The summed E-state index contributed by atoms with van der Waals surface area (Å²) in [6.45, 7) is 6.24. The summed E-state index contributed by atoms with van der Waals surface area (Å²) < 4.78 is 0. The number of hydrogen-bond acceptors (Lipinski definition) is 5. The number of thiazole rings is 1. The van der Waals surface area contributed by atoms with Crippen LogP contribution in [0, 0.1) is 6.92 Å². The average molecular weight is 413 g/mol. The first-order chi connectivity index (χ1) is 14.1. The smallest absolute Gasteiger partial charge is 0.251 e. The van der Waals surface area contributed by atoms with Gasteiger partial charge in [-0.3, -0.25) is 4.79 Å². The van der Waals surface area contributed by atoms with Crippen LogP contribution in [-0.2, 0) is 0 Å². The predicted octanol–water partition coefficient (Wildman–Crippen LogP) is 3.92. The third kappa shape index (κ3) is 5.24. The molecule has 156 valence electrons. The maximum Gasteiger partial charge on any atom is 0.251 e. The Morgan fingerprint density at radius 2 is 1.90 bits per heavy atom. The van der Waals surface area contributed by atoms with E-state index >= 15 is 0 Å². The fourth-order valence-corrected chi connectivity index (χ4v) is 5.30. The number of nitrogens with zero attached hydrogens (tertiary/aromatic N) is 1. The number of aryl methyl sites for hydroxylation is 1. The zero-order valence-electron chi connectivity index (χ0n) is 17.4. The van der Waals surface area contributed by atoms with E-state index in [0.29, 0.717) is 24.0 Å². The number of amides is 1. The van der Waals surface area contributed by atoms with E-state index < -0.39 is 0 Å². The number of carbonyl (C=O) groups excluding carboxylic acids is 1. The van der Waals surface area contributed by atoms with E-state index in [1.54, 1.807) is 11.3 Å². The van der Waals surface area contributed by atoms with Crippen LogP contribution >= 0.6 is 11.3 Å². The SMILES string of the molecule is Cc1nc(C(C)NC2CCC(c3ccc(C(=O)NC4CCNCC4)cc3)C2)cs1. The largest absolute Gasteiger partial charge is 0.349 e. The summed E-state index contributed by atoms with van der Waals surface area (Å²) in [7, 11) is 0. The summed E-state index contributed by atoms with van der Waals surface area (Å²) >= 11 is 1.72. The molecule has 3 N–H and O–H groups in total. The van der Waals surface area contributed by atoms with E-state index in [-0.39, 0.29) is 5.91 Å². The van der Waals surface area contributed by atoms with Crippen molar-refractivity contribution < 1.29 is 4.79 Å². The van der Waals surface area contributed by atoms with Gasteiger partial charge in [-0.1, -0.05) is 12.1 Å². The molecule has 6 heteroatoms. The van der Waals surface area contributed by atoms with Gasteiger partial charge in [-0.05, 0) is 82.7 Å². The molecule has 0 bridgehead atoms. The van der Waals surface area contributed by atoms with Crippen LogP contribution in [0.2, 0.25) is 0 Å². The maximum absolute atomic E-state index is 12.5. The average Bonchev–Trinajstić information content (AvgIpc) is 3.38. The Bertz CT molecular complexity index is 813. The molecular weight excluding hydrogens is 380 g/mol. The Morgan fingerprint density at radius 1 is 1.14 bits per heavy atom. The van der Waals surface area contributed by atoms with E-state index in [1.165, 1.54) is 18.4 Å². The van der Waals surface area contributed by atoms with Gasteiger partial charge in [0, 0.05) is 29.1 Å². The molecule has 29 heavy (non-hydrogen) atoms. The number of carbonyl (C=O) groups is 1. The van der Waals surface area contributed by atoms with Gasteiger partial charge < -0.3 is 16.0 Å². The Hall–Kier alpha value is -1.76. The molecule has 0 radical (unpaired) electrons. The molecule has 2 heterocycles. The highest BCUT2D eigenvalue weighted by Gasteiger charge is 2.27. The Kier molecular flexibility index (Phi) is 6.63. The molecule has 1 saturated carbocycles. The van der Waals surface area contributed by atoms with Crippen LogP contribution in [0.25, 0.3) is 0 Å². The van der Waals surface area contributed by atoms with Crippen LogP contribution in [0.15, 0.2) is 29.6 Å². The Morgan fingerprint density at radius 3 is 2.59 bits per heavy atom. The highest BCUT2D eigenvalue weighted by Crippen LogP contribution is 2.35. The maximum atomic E-state index is 12.5. The number of benzene rings is 1. The van der Waals surface area contributed by atoms with Crippen molar-refractivity contribution in [2.75, 3.05) is 13.1 Å². The van der Waals surface area contributed by atoms with Gasteiger partial charge in [-0.2, -0.15) is 0 Å². The first-order valence-corrected chi connectivity index (χ1v) is 11.8. The minimum atomic E-state index is 0.0572. The van der Waals surface area contributed by atoms with Gasteiger partial charge in [-0.25, -0.2) is 4.98 Å². The summed E-state index contributed by atoms with van der Waals surface area (Å²) in [5, 5.41) is 13.6. The van der Waals surface area contributed by atoms with Crippen molar-refractivity contribution in [2.45, 2.75) is 70.0 Å². The zero-order valence-corrected chi connectivity index (χ0v) is 18.2. The van der Waals surface area contributed by atoms with Crippen molar-refractivity contribution in [1.82, 2.24) is 20.9 Å². The minimum Gasteiger partial charge on any atom is -0.349 e. The normalized spacial score (nSPS) is 23.8. The van der Waals surface area contributed by atoms with E-state index in [0.717, 1.165) is 48.6 Å². The molecule has 3 unspecified atom stereocenters. The summed E-state index contributed by atoms with van der Waals surface area (Å²) in [5.74, 6) is 0.625. The molecule has 2 aliphatic rings. The molecule has 1 aliphatic carbocycles. The van der Waals surface area contributed by atoms with E-state index in [1.807, 2.05) is 12.1 Å². The number of hydrogen-bond donors (Lipinski definition) is 3. The first kappa shape index (κ1) is 20.5. The van der Waals surface area contributed by atoms with E-state index in [9.17, 15) is 4.79 Å². The molecule has 1 amide bonds. The molecule has 1 saturated heterocycles. The second-order valence-corrected chi connectivity index (χ2v) is 9.57. The van der Waals surface area contributed by atoms with Crippen LogP contribution in [0.5, 0.6) is 0 Å². The van der Waals surface area contributed by atoms with Gasteiger partial charge in [0.25, 0.3) is 5.91 Å². The lowest BCUT2D eigenvalue weighted by molar-refractivity contribution is 0.0929. The summed E-state index contributed by atoms with van der Waals surface area (Å²) in [6, 6.07) is 9.41. The standard InChI is InChI=1S/C23H32N4OS/c1-15(22-14-29-16(2)26-22)25-21-8-7-19(13-21)17-3-5-18(6-4-17)23(28)27-20-9-11-24-12-10-20/h3-6,14-15,19-21,24-25H,7-13H2,1-2H3,(H,27,28). The highest BCUT2D eigenvalue weighted by molar-refractivity contribution is 7.09. The molecule has 1 aromatic heterocycles. The van der Waals surface area contributed by atoms with Crippen molar-refractivity contribution in [2.24, 2.45) is 0 Å². The third-order valence-electron chi connectivity index (χ3n) is 6.32. The number of piperidine rings is 1. The number of rotatable bonds is 6. The van der Waals surface area contributed by atoms with Gasteiger partial charge in [0.15, 0.2) is 0 Å². The van der Waals surface area contributed by atoms with Crippen molar-refractivity contribution in [3.63, 3.8) is 0 Å². The molecule has 2 aromatic rings. The van der Waals surface area contributed by atoms with E-state index in [2.05, 4.69) is 52.3 Å². The fraction of sp³-hybridized carbons (Fsp3) is 0.565. The zero-order chi connectivity index (χ0) is 20.2. The fourth-order valence-electron chi connectivity index (χ4n) is 4.60. The first-order valence-electron chi connectivity index (χ1n) is 10.9. The molecule has 4 rings (SSSR count). The lowest BCUT2D eigenvalue weighted by Gasteiger charge is -2.23. The van der Waals surface area contributed by atoms with Crippen LogP contribution in [0.4, 0.5) is 0 Å². The summed E-state index contributed by atoms with van der Waals surface area (Å²) in [5.41, 5.74) is 3.28. The minimum absolute atomic E-state index is 0.0572.